The summed E-state index contributed by atoms with van der Waals surface area (Å²) in [6.45, 7) is 4.62. The molecule has 0 unspecified atom stereocenters. The van der Waals surface area contributed by atoms with Gasteiger partial charge in [-0.1, -0.05) is 25.2 Å². The number of carbonyl (C=O) groups excluding carboxylic acids is 1. The Balaban J connectivity index is 2.23. The van der Waals surface area contributed by atoms with Crippen molar-refractivity contribution in [2.24, 2.45) is 5.92 Å². The van der Waals surface area contributed by atoms with Crippen molar-refractivity contribution in [1.82, 2.24) is 0 Å². The second-order valence-electron chi connectivity index (χ2n) is 6.26. The molecule has 0 aliphatic rings. The molecule has 0 aliphatic heterocycles. The fourth-order valence-electron chi connectivity index (χ4n) is 2.61. The Morgan fingerprint density at radius 3 is 2.52 bits per heavy atom. The molecule has 27 heavy (non-hydrogen) atoms. The van der Waals surface area contributed by atoms with E-state index in [0.717, 1.165) is 29.5 Å². The molecule has 142 valence electrons. The molecular weight excluding hydrogens is 393 g/mol. The van der Waals surface area contributed by atoms with E-state index in [-0.39, 0.29) is 16.1 Å². The van der Waals surface area contributed by atoms with E-state index < -0.39 is 32.6 Å². The molecule has 3 aromatic rings. The van der Waals surface area contributed by atoms with Crippen LogP contribution in [-0.4, -0.2) is 14.3 Å². The maximum Gasteiger partial charge on any atom is 0.396 e. The third kappa shape index (κ3) is 3.52. The summed E-state index contributed by atoms with van der Waals surface area (Å²) in [4.78, 5) is 23.5. The number of carbonyl (C=O) groups is 1. The zero-order chi connectivity index (χ0) is 19.9. The van der Waals surface area contributed by atoms with Gasteiger partial charge in [-0.3, -0.25) is 4.79 Å². The minimum Gasteiger partial charge on any atom is -0.414 e. The molecule has 1 amide bonds. The first-order chi connectivity index (χ1) is 12.6. The smallest absolute Gasteiger partial charge is 0.396 e. The van der Waals surface area contributed by atoms with Gasteiger partial charge in [0.2, 0.25) is 5.91 Å². The Kier molecular flexibility index (Phi) is 4.92. The van der Waals surface area contributed by atoms with Crippen LogP contribution in [0.3, 0.4) is 0 Å². The number of halogens is 1. The van der Waals surface area contributed by atoms with Crippen LogP contribution in [-0.2, 0) is 14.8 Å². The van der Waals surface area contributed by atoms with Gasteiger partial charge in [0.05, 0.1) is 15.3 Å². The van der Waals surface area contributed by atoms with Crippen LogP contribution in [0, 0.1) is 18.7 Å². The van der Waals surface area contributed by atoms with E-state index in [2.05, 4.69) is 0 Å². The van der Waals surface area contributed by atoms with Crippen molar-refractivity contribution in [3.63, 3.8) is 0 Å². The quantitative estimate of drug-likeness (QED) is 0.656. The lowest BCUT2D eigenvalue weighted by atomic mass is 10.2. The number of nitrogens with zero attached hydrogens (tertiary/aromatic N) is 1. The summed E-state index contributed by atoms with van der Waals surface area (Å²) in [5.74, 6) is -1.83. The Hall–Kier alpha value is -2.52. The third-order valence-corrected chi connectivity index (χ3v) is 6.57. The minimum atomic E-state index is -4.29. The van der Waals surface area contributed by atoms with Gasteiger partial charge in [0.25, 0.3) is 10.0 Å². The van der Waals surface area contributed by atoms with Crippen molar-refractivity contribution in [2.45, 2.75) is 25.7 Å². The van der Waals surface area contributed by atoms with Gasteiger partial charge < -0.3 is 4.42 Å². The van der Waals surface area contributed by atoms with E-state index in [1.165, 1.54) is 25.1 Å². The van der Waals surface area contributed by atoms with Crippen molar-refractivity contribution in [2.75, 3.05) is 4.31 Å². The molecule has 0 radical (unpaired) electrons. The molecule has 0 aliphatic carbocycles. The van der Waals surface area contributed by atoms with E-state index in [1.54, 1.807) is 13.8 Å². The number of amides is 1. The van der Waals surface area contributed by atoms with Crippen molar-refractivity contribution in [1.29, 1.82) is 0 Å². The lowest BCUT2D eigenvalue weighted by Gasteiger charge is -2.25. The summed E-state index contributed by atoms with van der Waals surface area (Å²) in [5.41, 5.74) is 0.577. The molecule has 9 heteroatoms. The zero-order valence-corrected chi connectivity index (χ0v) is 16.4. The SMILES string of the molecule is Cc1cc(F)ccc1S(=O)(=O)N(C(=O)C(C)C)c1ccc2oc(=O)sc2c1. The highest BCUT2D eigenvalue weighted by molar-refractivity contribution is 7.93. The van der Waals surface area contributed by atoms with E-state index >= 15 is 0 Å². The first-order valence-corrected chi connectivity index (χ1v) is 10.3. The number of rotatable bonds is 4. The van der Waals surface area contributed by atoms with Crippen LogP contribution in [0.25, 0.3) is 10.3 Å². The summed E-state index contributed by atoms with van der Waals surface area (Å²) < 4.78 is 46.0. The highest BCUT2D eigenvalue weighted by Crippen LogP contribution is 2.31. The van der Waals surface area contributed by atoms with Crippen LogP contribution in [0.1, 0.15) is 19.4 Å². The molecule has 0 spiro atoms. The lowest BCUT2D eigenvalue weighted by molar-refractivity contribution is -0.120. The third-order valence-electron chi connectivity index (χ3n) is 3.90. The lowest BCUT2D eigenvalue weighted by Crippen LogP contribution is -2.39. The normalized spacial score (nSPS) is 11.9. The number of hydrogen-bond donors (Lipinski definition) is 0. The molecule has 0 saturated carbocycles. The molecule has 6 nitrogen and oxygen atoms in total. The van der Waals surface area contributed by atoms with Crippen molar-refractivity contribution in [3.05, 3.63) is 57.5 Å². The van der Waals surface area contributed by atoms with Crippen LogP contribution in [0.5, 0.6) is 0 Å². The van der Waals surface area contributed by atoms with Crippen LogP contribution in [0.2, 0.25) is 0 Å². The second kappa shape index (κ2) is 6.90. The zero-order valence-electron chi connectivity index (χ0n) is 14.7. The highest BCUT2D eigenvalue weighted by atomic mass is 32.2. The van der Waals surface area contributed by atoms with Gasteiger partial charge in [-0.05, 0) is 48.9 Å². The number of hydrogen-bond acceptors (Lipinski definition) is 6. The van der Waals surface area contributed by atoms with Crippen molar-refractivity contribution < 1.29 is 22.0 Å². The summed E-state index contributed by atoms with van der Waals surface area (Å²) in [5, 5.41) is 0. The maximum atomic E-state index is 13.4. The van der Waals surface area contributed by atoms with E-state index in [4.69, 9.17) is 4.42 Å². The van der Waals surface area contributed by atoms with E-state index in [0.29, 0.717) is 14.6 Å². The minimum absolute atomic E-state index is 0.0852. The van der Waals surface area contributed by atoms with E-state index in [9.17, 15) is 22.4 Å². The van der Waals surface area contributed by atoms with E-state index in [1.807, 2.05) is 0 Å². The second-order valence-corrected chi connectivity index (χ2v) is 8.99. The van der Waals surface area contributed by atoms with Crippen molar-refractivity contribution in [3.8, 4) is 0 Å². The van der Waals surface area contributed by atoms with Gasteiger partial charge in [0.15, 0.2) is 0 Å². The molecule has 0 bridgehead atoms. The Morgan fingerprint density at radius 1 is 1.19 bits per heavy atom. The molecular formula is C18H16FNO5S2. The average Bonchev–Trinajstić information content (AvgIpc) is 2.93. The number of aryl methyl sites for hydroxylation is 1. The molecule has 0 N–H and O–H groups in total. The average molecular weight is 409 g/mol. The van der Waals surface area contributed by atoms with Gasteiger partial charge in [0.1, 0.15) is 11.4 Å². The molecule has 3 rings (SSSR count). The highest BCUT2D eigenvalue weighted by Gasteiger charge is 2.33. The number of sulfonamides is 1. The Labute approximate surface area is 158 Å². The van der Waals surface area contributed by atoms with Crippen LogP contribution in [0.4, 0.5) is 10.1 Å². The maximum absolute atomic E-state index is 13.4. The summed E-state index contributed by atoms with van der Waals surface area (Å²) >= 11 is 0.811. The van der Waals surface area contributed by atoms with Crippen LogP contribution < -0.4 is 9.24 Å². The molecule has 0 atom stereocenters. The fraction of sp³-hybridized carbons (Fsp3) is 0.222. The predicted octanol–water partition coefficient (Wildman–Crippen LogP) is 3.68. The fourth-order valence-corrected chi connectivity index (χ4v) is 5.05. The van der Waals surface area contributed by atoms with Crippen molar-refractivity contribution >= 4 is 43.2 Å². The van der Waals surface area contributed by atoms with Gasteiger partial charge >= 0.3 is 4.94 Å². The predicted molar refractivity (Wildman–Crippen MR) is 101 cm³/mol. The first kappa shape index (κ1) is 19.2. The molecule has 1 aromatic heterocycles. The van der Waals surface area contributed by atoms with Gasteiger partial charge in [-0.25, -0.2) is 21.9 Å². The number of benzene rings is 2. The van der Waals surface area contributed by atoms with Crippen LogP contribution >= 0.6 is 11.3 Å². The van der Waals surface area contributed by atoms with Crippen LogP contribution in [0.15, 0.2) is 50.5 Å². The summed E-state index contributed by atoms with van der Waals surface area (Å²) in [6, 6.07) is 7.51. The standard InChI is InChI=1S/C18H16FNO5S2/c1-10(2)17(21)20(13-5-6-14-15(9-13)26-18(22)25-14)27(23,24)16-7-4-12(19)8-11(16)3/h4-10H,1-3H3. The molecule has 0 fully saturated rings. The largest absolute Gasteiger partial charge is 0.414 e. The first-order valence-electron chi connectivity index (χ1n) is 8.00. The molecule has 1 heterocycles. The van der Waals surface area contributed by atoms with Gasteiger partial charge in [0, 0.05) is 5.92 Å². The number of anilines is 1. The monoisotopic (exact) mass is 409 g/mol. The molecule has 0 saturated heterocycles. The molecule has 2 aromatic carbocycles. The number of fused-ring (bicyclic) bond motifs is 1. The Bertz CT molecular complexity index is 1190. The van der Waals surface area contributed by atoms with Gasteiger partial charge in [-0.2, -0.15) is 0 Å². The topological polar surface area (TPSA) is 84.7 Å². The Morgan fingerprint density at radius 2 is 1.89 bits per heavy atom. The summed E-state index contributed by atoms with van der Waals surface area (Å²) in [6.07, 6.45) is 0. The van der Waals surface area contributed by atoms with Gasteiger partial charge in [-0.15, -0.1) is 0 Å². The summed E-state index contributed by atoms with van der Waals surface area (Å²) in [7, 11) is -4.29.